The molecule has 0 radical (unpaired) electrons. The van der Waals surface area contributed by atoms with Gasteiger partial charge in [0, 0.05) is 3.58 Å². The van der Waals surface area contributed by atoms with Crippen molar-refractivity contribution < 1.29 is 19.4 Å². The maximum atomic E-state index is 11.8. The zero-order chi connectivity index (χ0) is 14.6. The molecule has 1 aromatic rings. The summed E-state index contributed by atoms with van der Waals surface area (Å²) < 4.78 is 11.1. The first-order valence-electron chi connectivity index (χ1n) is 6.10. The number of carbonyl (C=O) groups excluding carboxylic acids is 1. The number of methoxy groups -OCH3 is 1. The molecule has 2 atom stereocenters. The van der Waals surface area contributed by atoms with E-state index in [2.05, 4.69) is 22.6 Å². The predicted octanol–water partition coefficient (Wildman–Crippen LogP) is 2.57. The Morgan fingerprint density at radius 1 is 1.40 bits per heavy atom. The third kappa shape index (κ3) is 3.47. The van der Waals surface area contributed by atoms with Crippen molar-refractivity contribution in [2.75, 3.05) is 7.11 Å². The fourth-order valence-corrected chi connectivity index (χ4v) is 2.59. The number of benzene rings is 1. The molecular formula is C15H15IO4. The molecule has 1 N–H and O–H groups in total. The van der Waals surface area contributed by atoms with Crippen LogP contribution in [0.1, 0.15) is 5.56 Å². The van der Waals surface area contributed by atoms with Crippen molar-refractivity contribution in [3.63, 3.8) is 0 Å². The summed E-state index contributed by atoms with van der Waals surface area (Å²) in [6.45, 7) is 0.207. The lowest BCUT2D eigenvalue weighted by atomic mass is 9.93. The molecule has 4 nitrogen and oxygen atoms in total. The highest BCUT2D eigenvalue weighted by molar-refractivity contribution is 14.1. The van der Waals surface area contributed by atoms with Crippen molar-refractivity contribution in [2.24, 2.45) is 5.92 Å². The highest BCUT2D eigenvalue weighted by Crippen LogP contribution is 2.32. The summed E-state index contributed by atoms with van der Waals surface area (Å²) >= 11 is 2.06. The third-order valence-corrected chi connectivity index (χ3v) is 3.68. The Bertz CT molecular complexity index is 538. The molecule has 20 heavy (non-hydrogen) atoms. The van der Waals surface area contributed by atoms with Gasteiger partial charge in [-0.3, -0.25) is 4.79 Å². The van der Waals surface area contributed by atoms with E-state index >= 15 is 0 Å². The van der Waals surface area contributed by atoms with Crippen LogP contribution in [0.4, 0.5) is 0 Å². The zero-order valence-corrected chi connectivity index (χ0v) is 13.1. The van der Waals surface area contributed by atoms with Gasteiger partial charge < -0.3 is 14.6 Å². The van der Waals surface area contributed by atoms with E-state index in [1.165, 1.54) is 13.2 Å². The summed E-state index contributed by atoms with van der Waals surface area (Å²) in [4.78, 5) is 11.8. The van der Waals surface area contributed by atoms with Gasteiger partial charge in [-0.15, -0.1) is 0 Å². The average molecular weight is 386 g/mol. The topological polar surface area (TPSA) is 55.8 Å². The SMILES string of the molecule is COC(=O)C1C=CC(I)=CC1(O)OCc1ccccc1. The fourth-order valence-electron chi connectivity index (χ4n) is 1.94. The first-order valence-corrected chi connectivity index (χ1v) is 7.17. The smallest absolute Gasteiger partial charge is 0.318 e. The van der Waals surface area contributed by atoms with Crippen molar-refractivity contribution in [2.45, 2.75) is 12.4 Å². The first kappa shape index (κ1) is 15.2. The number of ether oxygens (including phenoxy) is 2. The van der Waals surface area contributed by atoms with E-state index in [-0.39, 0.29) is 6.61 Å². The minimum Gasteiger partial charge on any atom is -0.468 e. The minimum absolute atomic E-state index is 0.207. The molecule has 1 aromatic carbocycles. The molecule has 0 aromatic heterocycles. The minimum atomic E-state index is -1.69. The van der Waals surface area contributed by atoms with E-state index in [9.17, 15) is 9.90 Å². The summed E-state index contributed by atoms with van der Waals surface area (Å²) in [5, 5.41) is 10.6. The number of rotatable bonds is 4. The van der Waals surface area contributed by atoms with Gasteiger partial charge in [-0.05, 0) is 34.2 Å². The number of aliphatic hydroxyl groups is 1. The lowest BCUT2D eigenvalue weighted by Gasteiger charge is -2.32. The molecule has 0 saturated carbocycles. The van der Waals surface area contributed by atoms with Crippen LogP contribution in [0, 0.1) is 5.92 Å². The molecule has 0 amide bonds. The molecule has 0 aliphatic heterocycles. The van der Waals surface area contributed by atoms with Crippen LogP contribution in [0.5, 0.6) is 0 Å². The molecule has 1 aliphatic carbocycles. The summed E-state index contributed by atoms with van der Waals surface area (Å²) in [5.41, 5.74) is 0.919. The molecule has 0 bridgehead atoms. The first-order chi connectivity index (χ1) is 9.55. The average Bonchev–Trinajstić information content (AvgIpc) is 2.45. The second-order valence-corrected chi connectivity index (χ2v) is 5.66. The van der Waals surface area contributed by atoms with Crippen LogP contribution in [0.15, 0.2) is 52.1 Å². The van der Waals surface area contributed by atoms with Gasteiger partial charge >= 0.3 is 5.97 Å². The summed E-state index contributed by atoms with van der Waals surface area (Å²) in [5.74, 6) is -3.08. The molecule has 0 saturated heterocycles. The van der Waals surface area contributed by atoms with Crippen molar-refractivity contribution in [3.8, 4) is 0 Å². The van der Waals surface area contributed by atoms with Gasteiger partial charge in [0.2, 0.25) is 5.79 Å². The van der Waals surface area contributed by atoms with Gasteiger partial charge in [-0.25, -0.2) is 0 Å². The van der Waals surface area contributed by atoms with Crippen LogP contribution in [-0.2, 0) is 20.9 Å². The van der Waals surface area contributed by atoms with Gasteiger partial charge in [-0.1, -0.05) is 42.5 Å². The lowest BCUT2D eigenvalue weighted by Crippen LogP contribution is -2.44. The van der Waals surface area contributed by atoms with Gasteiger partial charge in [0.15, 0.2) is 0 Å². The van der Waals surface area contributed by atoms with E-state index in [0.717, 1.165) is 9.14 Å². The Balaban J connectivity index is 2.16. The molecule has 0 heterocycles. The zero-order valence-electron chi connectivity index (χ0n) is 11.0. The summed E-state index contributed by atoms with van der Waals surface area (Å²) in [6.07, 6.45) is 4.87. The monoisotopic (exact) mass is 386 g/mol. The number of carbonyl (C=O) groups is 1. The Labute approximate surface area is 131 Å². The largest absolute Gasteiger partial charge is 0.468 e. The molecule has 0 fully saturated rings. The number of esters is 1. The maximum Gasteiger partial charge on any atom is 0.318 e. The Morgan fingerprint density at radius 3 is 2.75 bits per heavy atom. The van der Waals surface area contributed by atoms with Crippen molar-refractivity contribution in [1.82, 2.24) is 0 Å². The van der Waals surface area contributed by atoms with E-state index in [1.54, 1.807) is 12.2 Å². The Morgan fingerprint density at radius 2 is 2.10 bits per heavy atom. The van der Waals surface area contributed by atoms with E-state index in [0.29, 0.717) is 0 Å². The number of hydrogen-bond acceptors (Lipinski definition) is 4. The number of hydrogen-bond donors (Lipinski definition) is 1. The van der Waals surface area contributed by atoms with E-state index < -0.39 is 17.7 Å². The molecule has 1 aliphatic rings. The van der Waals surface area contributed by atoms with Gasteiger partial charge in [0.25, 0.3) is 0 Å². The normalized spacial score (nSPS) is 25.1. The third-order valence-electron chi connectivity index (χ3n) is 3.01. The molecule has 0 spiro atoms. The van der Waals surface area contributed by atoms with Crippen LogP contribution in [-0.4, -0.2) is 24.0 Å². The standard InChI is InChI=1S/C15H15IO4/c1-19-14(17)13-8-7-12(16)9-15(13,18)20-10-11-5-3-2-4-6-11/h2-9,13,18H,10H2,1H3. The number of halogens is 1. The molecule has 2 rings (SSSR count). The molecule has 106 valence electrons. The fraction of sp³-hybridized carbons (Fsp3) is 0.267. The van der Waals surface area contributed by atoms with Crippen LogP contribution in [0.25, 0.3) is 0 Å². The maximum absolute atomic E-state index is 11.8. The molecular weight excluding hydrogens is 371 g/mol. The van der Waals surface area contributed by atoms with Gasteiger partial charge in [0.1, 0.15) is 5.92 Å². The highest BCUT2D eigenvalue weighted by atomic mass is 127. The van der Waals surface area contributed by atoms with Crippen molar-refractivity contribution in [3.05, 3.63) is 57.7 Å². The van der Waals surface area contributed by atoms with E-state index in [1.807, 2.05) is 30.3 Å². The second-order valence-electron chi connectivity index (χ2n) is 4.42. The van der Waals surface area contributed by atoms with Crippen LogP contribution in [0.2, 0.25) is 0 Å². The Hall–Kier alpha value is -1.18. The van der Waals surface area contributed by atoms with Crippen LogP contribution < -0.4 is 0 Å². The lowest BCUT2D eigenvalue weighted by molar-refractivity contribution is -0.209. The summed E-state index contributed by atoms with van der Waals surface area (Å²) in [6, 6.07) is 9.47. The number of allylic oxidation sites excluding steroid dienone is 2. The molecule has 5 heteroatoms. The van der Waals surface area contributed by atoms with Crippen molar-refractivity contribution in [1.29, 1.82) is 0 Å². The molecule has 2 unspecified atom stereocenters. The summed E-state index contributed by atoms with van der Waals surface area (Å²) in [7, 11) is 1.29. The van der Waals surface area contributed by atoms with Crippen LogP contribution >= 0.6 is 22.6 Å². The van der Waals surface area contributed by atoms with E-state index in [4.69, 9.17) is 9.47 Å². The highest BCUT2D eigenvalue weighted by Gasteiger charge is 2.42. The second kappa shape index (κ2) is 6.51. The van der Waals surface area contributed by atoms with Crippen LogP contribution in [0.3, 0.4) is 0 Å². The predicted molar refractivity (Wildman–Crippen MR) is 82.9 cm³/mol. The van der Waals surface area contributed by atoms with Gasteiger partial charge in [-0.2, -0.15) is 0 Å². The van der Waals surface area contributed by atoms with Crippen molar-refractivity contribution >= 4 is 28.6 Å². The Kier molecular flexibility index (Phi) is 4.95. The quantitative estimate of drug-likeness (QED) is 0.491. The van der Waals surface area contributed by atoms with Gasteiger partial charge in [0.05, 0.1) is 13.7 Å².